The molecule has 25 heavy (non-hydrogen) atoms. The molecule has 0 aliphatic heterocycles. The maximum atomic E-state index is 5.72. The Morgan fingerprint density at radius 2 is 1.76 bits per heavy atom. The van der Waals surface area contributed by atoms with Crippen LogP contribution in [0.5, 0.6) is 11.5 Å². The lowest BCUT2D eigenvalue weighted by atomic mass is 9.95. The minimum Gasteiger partial charge on any atom is -0.497 e. The van der Waals surface area contributed by atoms with Crippen molar-refractivity contribution in [3.63, 3.8) is 0 Å². The van der Waals surface area contributed by atoms with Gasteiger partial charge in [0.2, 0.25) is 0 Å². The van der Waals surface area contributed by atoms with E-state index in [4.69, 9.17) is 28.3 Å². The van der Waals surface area contributed by atoms with Gasteiger partial charge in [-0.3, -0.25) is 0 Å². The molecule has 0 aliphatic carbocycles. The van der Waals surface area contributed by atoms with E-state index in [-0.39, 0.29) is 18.1 Å². The fourth-order valence-corrected chi connectivity index (χ4v) is 2.49. The van der Waals surface area contributed by atoms with Crippen LogP contribution in [0.25, 0.3) is 0 Å². The number of rotatable bonds is 12. The molecule has 6 nitrogen and oxygen atoms in total. The molecule has 1 aromatic carbocycles. The molecule has 0 amide bonds. The van der Waals surface area contributed by atoms with Crippen LogP contribution in [0, 0.1) is 5.92 Å². The molecule has 0 heterocycles. The first-order chi connectivity index (χ1) is 12.1. The van der Waals surface area contributed by atoms with Gasteiger partial charge in [0.1, 0.15) is 11.5 Å². The Morgan fingerprint density at radius 1 is 1.00 bits per heavy atom. The Balaban J connectivity index is 2.89. The monoisotopic (exact) mass is 351 g/mol. The summed E-state index contributed by atoms with van der Waals surface area (Å²) in [7, 11) is 9.40. The van der Waals surface area contributed by atoms with Crippen LogP contribution in [0.2, 0.25) is 0 Å². The first kappa shape index (κ1) is 21.5. The van der Waals surface area contributed by atoms with Crippen LogP contribution in [0.3, 0.4) is 0 Å². The van der Waals surface area contributed by atoms with Gasteiger partial charge in [0.15, 0.2) is 0 Å². The molecule has 1 radical (unpaired) electrons. The van der Waals surface area contributed by atoms with Gasteiger partial charge in [-0.05, 0) is 18.2 Å². The number of ether oxygens (including phenoxy) is 4. The summed E-state index contributed by atoms with van der Waals surface area (Å²) in [5.74, 6) is 1.59. The zero-order chi connectivity index (χ0) is 18.7. The maximum Gasteiger partial charge on any atom is 0.487 e. The minimum atomic E-state index is -0.190. The van der Waals surface area contributed by atoms with Gasteiger partial charge in [0.05, 0.1) is 33.0 Å². The maximum absolute atomic E-state index is 5.72. The zero-order valence-electron chi connectivity index (χ0n) is 15.9. The molecule has 0 N–H and O–H groups in total. The normalized spacial score (nSPS) is 15.0. The van der Waals surface area contributed by atoms with Gasteiger partial charge in [-0.25, -0.2) is 0 Å². The van der Waals surface area contributed by atoms with Crippen molar-refractivity contribution in [1.29, 1.82) is 0 Å². The average molecular weight is 351 g/mol. The molecule has 0 fully saturated rings. The number of methoxy groups -OCH3 is 4. The summed E-state index contributed by atoms with van der Waals surface area (Å²) in [4.78, 5) is 0. The van der Waals surface area contributed by atoms with Gasteiger partial charge in [-0.1, -0.05) is 19.1 Å². The average Bonchev–Trinajstić information content (AvgIpc) is 2.65. The molecule has 1 rings (SSSR count). The van der Waals surface area contributed by atoms with Gasteiger partial charge in [-0.15, -0.1) is 0 Å². The molecule has 0 aliphatic rings. The van der Waals surface area contributed by atoms with Gasteiger partial charge >= 0.3 is 7.69 Å². The summed E-state index contributed by atoms with van der Waals surface area (Å²) < 4.78 is 31.8. The van der Waals surface area contributed by atoms with Crippen molar-refractivity contribution in [2.75, 3.05) is 42.2 Å². The largest absolute Gasteiger partial charge is 0.497 e. The summed E-state index contributed by atoms with van der Waals surface area (Å²) in [6.07, 6.45) is 3.62. The van der Waals surface area contributed by atoms with E-state index >= 15 is 0 Å². The smallest absolute Gasteiger partial charge is 0.487 e. The molecule has 0 unspecified atom stereocenters. The van der Waals surface area contributed by atoms with E-state index in [0.717, 1.165) is 17.1 Å². The summed E-state index contributed by atoms with van der Waals surface area (Å²) in [5, 5.41) is 0. The lowest BCUT2D eigenvalue weighted by Gasteiger charge is -2.23. The highest BCUT2D eigenvalue weighted by atomic mass is 16.6. The lowest BCUT2D eigenvalue weighted by Crippen LogP contribution is -2.19. The number of hydrogen-bond acceptors (Lipinski definition) is 6. The third-order valence-electron chi connectivity index (χ3n) is 3.83. The van der Waals surface area contributed by atoms with E-state index in [9.17, 15) is 0 Å². The second kappa shape index (κ2) is 11.9. The molecule has 0 saturated heterocycles. The molecule has 0 spiro atoms. The van der Waals surface area contributed by atoms with E-state index in [2.05, 4.69) is 6.92 Å². The lowest BCUT2D eigenvalue weighted by molar-refractivity contribution is 0.0684. The van der Waals surface area contributed by atoms with Crippen molar-refractivity contribution in [2.24, 2.45) is 5.92 Å². The highest BCUT2D eigenvalue weighted by Gasteiger charge is 2.22. The Hall–Kier alpha value is -1.54. The van der Waals surface area contributed by atoms with Crippen LogP contribution in [0.1, 0.15) is 18.6 Å². The van der Waals surface area contributed by atoms with E-state index in [1.165, 1.54) is 14.8 Å². The van der Waals surface area contributed by atoms with Gasteiger partial charge in [-0.2, -0.15) is 0 Å². The second-order valence-electron chi connectivity index (χ2n) is 5.45. The zero-order valence-corrected chi connectivity index (χ0v) is 15.9. The quantitative estimate of drug-likeness (QED) is 0.328. The third-order valence-corrected chi connectivity index (χ3v) is 3.83. The minimum absolute atomic E-state index is 0.0788. The fraction of sp³-hybridized carbons (Fsp3) is 0.556. The molecule has 0 aromatic heterocycles. The summed E-state index contributed by atoms with van der Waals surface area (Å²) in [6.45, 7) is 2.44. The van der Waals surface area contributed by atoms with Crippen molar-refractivity contribution in [2.45, 2.75) is 19.1 Å². The highest BCUT2D eigenvalue weighted by molar-refractivity contribution is 6.17. The molecule has 7 heteroatoms. The highest BCUT2D eigenvalue weighted by Crippen LogP contribution is 2.35. The summed E-state index contributed by atoms with van der Waals surface area (Å²) in [5.41, 5.74) is 0.930. The van der Waals surface area contributed by atoms with Crippen molar-refractivity contribution < 1.29 is 28.3 Å². The van der Waals surface area contributed by atoms with Crippen LogP contribution in [-0.4, -0.2) is 55.9 Å². The third kappa shape index (κ3) is 6.70. The predicted molar refractivity (Wildman–Crippen MR) is 97.1 cm³/mol. The summed E-state index contributed by atoms with van der Waals surface area (Å²) in [6, 6.07) is 5.67. The first-order valence-electron chi connectivity index (χ1n) is 8.03. The van der Waals surface area contributed by atoms with E-state index in [0.29, 0.717) is 6.61 Å². The van der Waals surface area contributed by atoms with Crippen molar-refractivity contribution in [3.8, 4) is 11.5 Å². The molecule has 3 atom stereocenters. The number of hydrogen-bond donors (Lipinski definition) is 0. The van der Waals surface area contributed by atoms with Crippen LogP contribution in [0.15, 0.2) is 30.4 Å². The Morgan fingerprint density at radius 3 is 2.32 bits per heavy atom. The van der Waals surface area contributed by atoms with Crippen molar-refractivity contribution in [3.05, 3.63) is 35.9 Å². The van der Waals surface area contributed by atoms with E-state index in [1.807, 2.05) is 30.4 Å². The van der Waals surface area contributed by atoms with Crippen LogP contribution in [-0.2, 0) is 18.8 Å². The molecule has 139 valence electrons. The van der Waals surface area contributed by atoms with Gasteiger partial charge in [0.25, 0.3) is 0 Å². The van der Waals surface area contributed by atoms with Crippen LogP contribution >= 0.6 is 0 Å². The Kier molecular flexibility index (Phi) is 10.3. The van der Waals surface area contributed by atoms with Crippen LogP contribution < -0.4 is 9.47 Å². The first-order valence-corrected chi connectivity index (χ1v) is 8.03. The van der Waals surface area contributed by atoms with Crippen molar-refractivity contribution in [1.82, 2.24) is 0 Å². The Bertz CT molecular complexity index is 522. The number of benzene rings is 1. The topological polar surface area (TPSA) is 55.4 Å². The van der Waals surface area contributed by atoms with E-state index in [1.54, 1.807) is 28.4 Å². The molecule has 1 aromatic rings. The van der Waals surface area contributed by atoms with E-state index < -0.39 is 0 Å². The van der Waals surface area contributed by atoms with Gasteiger partial charge in [0, 0.05) is 32.8 Å². The molecule has 0 saturated carbocycles. The van der Waals surface area contributed by atoms with Crippen molar-refractivity contribution >= 4 is 7.69 Å². The standard InChI is InChI=1S/C18H28BO6/c1-13(7-8-15(21-3)12-25-19-24-6)18(23-5)16-11-14(20-2)9-10-17(16)22-4/h7-11,13,15,18H,12H2,1-6H3/b8-7+/t13-,15-,18+/m0/s1. The Labute approximate surface area is 151 Å². The summed E-state index contributed by atoms with van der Waals surface area (Å²) >= 11 is 0. The SMILES string of the molecule is CO[B]OC[C@H](/C=C/[C@H](C)[C@@H](OC)c1cc(OC)ccc1OC)OC. The second-order valence-corrected chi connectivity index (χ2v) is 5.45. The fourth-order valence-electron chi connectivity index (χ4n) is 2.49. The van der Waals surface area contributed by atoms with Crippen LogP contribution in [0.4, 0.5) is 0 Å². The van der Waals surface area contributed by atoms with Gasteiger partial charge < -0.3 is 28.3 Å². The molecular formula is C18H28BO6. The predicted octanol–water partition coefficient (Wildman–Crippen LogP) is 2.80. The molecular weight excluding hydrogens is 323 g/mol. The molecule has 0 bridgehead atoms.